The summed E-state index contributed by atoms with van der Waals surface area (Å²) in [5.74, 6) is 0. The monoisotopic (exact) mass is 273 g/mol. The zero-order valence-electron chi connectivity index (χ0n) is 12.4. The summed E-state index contributed by atoms with van der Waals surface area (Å²) in [4.78, 5) is 0. The minimum Gasteiger partial charge on any atom is -0.387 e. The van der Waals surface area contributed by atoms with Crippen LogP contribution in [0.15, 0.2) is 62.8 Å². The maximum atomic E-state index is 11.2. The van der Waals surface area contributed by atoms with E-state index in [9.17, 15) is 5.11 Å². The third kappa shape index (κ3) is 3.38. The molecule has 20 heavy (non-hydrogen) atoms. The smallest absolute Gasteiger partial charge is 0.0935 e. The van der Waals surface area contributed by atoms with E-state index in [0.717, 1.165) is 12.8 Å². The third-order valence-corrected chi connectivity index (χ3v) is 4.00. The van der Waals surface area contributed by atoms with Gasteiger partial charge in [-0.3, -0.25) is 0 Å². The zero-order valence-corrected chi connectivity index (χ0v) is 12.4. The molecule has 0 aromatic rings. The SMILES string of the molecule is C=CC[C@H]1CC=C[C@](CC=C)(C(O)(CC=C)CC=C)N1. The lowest BCUT2D eigenvalue weighted by atomic mass is 9.70. The Morgan fingerprint density at radius 2 is 1.80 bits per heavy atom. The van der Waals surface area contributed by atoms with Crippen LogP contribution in [0.3, 0.4) is 0 Å². The average Bonchev–Trinajstić information content (AvgIpc) is 2.40. The van der Waals surface area contributed by atoms with E-state index in [1.54, 1.807) is 12.2 Å². The fourth-order valence-electron chi connectivity index (χ4n) is 3.02. The van der Waals surface area contributed by atoms with Gasteiger partial charge in [0.25, 0.3) is 0 Å². The molecule has 1 rings (SSSR count). The molecule has 2 N–H and O–H groups in total. The van der Waals surface area contributed by atoms with Gasteiger partial charge in [-0.05, 0) is 32.1 Å². The van der Waals surface area contributed by atoms with E-state index in [1.165, 1.54) is 0 Å². The van der Waals surface area contributed by atoms with Gasteiger partial charge >= 0.3 is 0 Å². The summed E-state index contributed by atoms with van der Waals surface area (Å²) in [5.41, 5.74) is -1.47. The van der Waals surface area contributed by atoms with E-state index in [0.29, 0.717) is 25.3 Å². The molecule has 0 bridgehead atoms. The molecule has 0 aromatic carbocycles. The summed E-state index contributed by atoms with van der Waals surface area (Å²) in [6.07, 6.45) is 15.0. The molecule has 0 saturated carbocycles. The van der Waals surface area contributed by atoms with Crippen molar-refractivity contribution in [1.29, 1.82) is 0 Å². The van der Waals surface area contributed by atoms with E-state index in [4.69, 9.17) is 0 Å². The molecule has 0 saturated heterocycles. The topological polar surface area (TPSA) is 32.3 Å². The van der Waals surface area contributed by atoms with Crippen LogP contribution in [-0.2, 0) is 0 Å². The molecule has 2 atom stereocenters. The minimum atomic E-state index is -0.943. The Kier molecular flexibility index (Phi) is 6.18. The molecule has 1 heterocycles. The third-order valence-electron chi connectivity index (χ3n) is 4.00. The number of aliphatic hydroxyl groups is 1. The van der Waals surface area contributed by atoms with Gasteiger partial charge in [0, 0.05) is 6.04 Å². The highest BCUT2D eigenvalue weighted by atomic mass is 16.3. The number of hydrogen-bond acceptors (Lipinski definition) is 2. The molecule has 110 valence electrons. The highest BCUT2D eigenvalue weighted by Crippen LogP contribution is 2.37. The van der Waals surface area contributed by atoms with Crippen LogP contribution >= 0.6 is 0 Å². The zero-order chi connectivity index (χ0) is 15.1. The van der Waals surface area contributed by atoms with E-state index < -0.39 is 11.1 Å². The first-order valence-electron chi connectivity index (χ1n) is 7.19. The van der Waals surface area contributed by atoms with Crippen molar-refractivity contribution in [2.24, 2.45) is 0 Å². The quantitative estimate of drug-likeness (QED) is 0.628. The van der Waals surface area contributed by atoms with Crippen LogP contribution in [0.2, 0.25) is 0 Å². The van der Waals surface area contributed by atoms with Gasteiger partial charge in [0.1, 0.15) is 0 Å². The van der Waals surface area contributed by atoms with Crippen molar-refractivity contribution in [1.82, 2.24) is 5.32 Å². The first-order chi connectivity index (χ1) is 9.57. The Balaban J connectivity index is 3.16. The molecular formula is C18H27NO. The van der Waals surface area contributed by atoms with Crippen LogP contribution in [0.25, 0.3) is 0 Å². The van der Waals surface area contributed by atoms with Gasteiger partial charge in [0.05, 0.1) is 11.1 Å². The Hall–Kier alpha value is -1.38. The molecule has 1 aliphatic heterocycles. The molecule has 0 spiro atoms. The summed E-state index contributed by atoms with van der Waals surface area (Å²) in [5, 5.41) is 14.8. The Bertz CT molecular complexity index is 386. The van der Waals surface area contributed by atoms with E-state index in [-0.39, 0.29) is 0 Å². The summed E-state index contributed by atoms with van der Waals surface area (Å²) < 4.78 is 0. The molecule has 0 aliphatic carbocycles. The highest BCUT2D eigenvalue weighted by Gasteiger charge is 2.47. The lowest BCUT2D eigenvalue weighted by Gasteiger charge is -2.49. The van der Waals surface area contributed by atoms with E-state index in [2.05, 4.69) is 43.8 Å². The minimum absolute atomic E-state index is 0.290. The normalized spacial score (nSPS) is 25.9. The second-order valence-electron chi connectivity index (χ2n) is 5.49. The first kappa shape index (κ1) is 16.7. The predicted molar refractivity (Wildman–Crippen MR) is 87.6 cm³/mol. The van der Waals surface area contributed by atoms with E-state index in [1.807, 2.05) is 12.2 Å². The summed E-state index contributed by atoms with van der Waals surface area (Å²) in [6.45, 7) is 15.2. The van der Waals surface area contributed by atoms with Gasteiger partial charge in [-0.15, -0.1) is 26.3 Å². The van der Waals surface area contributed by atoms with Crippen molar-refractivity contribution >= 4 is 0 Å². The fraction of sp³-hybridized carbons (Fsp3) is 0.444. The second kappa shape index (κ2) is 7.41. The van der Waals surface area contributed by atoms with Crippen LogP contribution < -0.4 is 5.32 Å². The summed E-state index contributed by atoms with van der Waals surface area (Å²) >= 11 is 0. The number of hydrogen-bond donors (Lipinski definition) is 2. The highest BCUT2D eigenvalue weighted by molar-refractivity contribution is 5.25. The van der Waals surface area contributed by atoms with Gasteiger partial charge in [0.2, 0.25) is 0 Å². The van der Waals surface area contributed by atoms with Gasteiger partial charge in [-0.1, -0.05) is 36.5 Å². The van der Waals surface area contributed by atoms with Gasteiger partial charge in [-0.2, -0.15) is 0 Å². The van der Waals surface area contributed by atoms with Crippen molar-refractivity contribution in [2.75, 3.05) is 0 Å². The van der Waals surface area contributed by atoms with Crippen LogP contribution in [-0.4, -0.2) is 22.3 Å². The van der Waals surface area contributed by atoms with Crippen molar-refractivity contribution in [3.05, 3.63) is 62.8 Å². The Morgan fingerprint density at radius 3 is 2.30 bits per heavy atom. The summed E-state index contributed by atoms with van der Waals surface area (Å²) in [7, 11) is 0. The maximum Gasteiger partial charge on any atom is 0.0935 e. The van der Waals surface area contributed by atoms with Crippen molar-refractivity contribution < 1.29 is 5.11 Å². The molecule has 0 aromatic heterocycles. The van der Waals surface area contributed by atoms with Gasteiger partial charge < -0.3 is 10.4 Å². The largest absolute Gasteiger partial charge is 0.387 e. The second-order valence-corrected chi connectivity index (χ2v) is 5.49. The van der Waals surface area contributed by atoms with Crippen LogP contribution in [0.5, 0.6) is 0 Å². The van der Waals surface area contributed by atoms with Gasteiger partial charge in [-0.25, -0.2) is 0 Å². The Labute approximate surface area is 123 Å². The first-order valence-corrected chi connectivity index (χ1v) is 7.19. The Morgan fingerprint density at radius 1 is 1.15 bits per heavy atom. The average molecular weight is 273 g/mol. The molecule has 2 nitrogen and oxygen atoms in total. The van der Waals surface area contributed by atoms with Crippen LogP contribution in [0.4, 0.5) is 0 Å². The molecule has 0 amide bonds. The molecule has 2 heteroatoms. The lowest BCUT2D eigenvalue weighted by Crippen LogP contribution is -2.65. The summed E-state index contributed by atoms with van der Waals surface area (Å²) in [6, 6.07) is 0.290. The van der Waals surface area contributed by atoms with Crippen molar-refractivity contribution in [3.63, 3.8) is 0 Å². The van der Waals surface area contributed by atoms with Crippen molar-refractivity contribution in [3.8, 4) is 0 Å². The van der Waals surface area contributed by atoms with Crippen LogP contribution in [0, 0.1) is 0 Å². The maximum absolute atomic E-state index is 11.2. The fourth-order valence-corrected chi connectivity index (χ4v) is 3.02. The van der Waals surface area contributed by atoms with Gasteiger partial charge in [0.15, 0.2) is 0 Å². The standard InChI is InChI=1S/C18H27NO/c1-5-10-16-11-9-15-17(19-16,12-6-2)18(20,13-7-3)14-8-4/h5-9,15-16,19-20H,1-4,10-14H2/t16-,17+/m0/s1. The van der Waals surface area contributed by atoms with Crippen LogP contribution in [0.1, 0.15) is 32.1 Å². The number of nitrogens with one attached hydrogen (secondary N) is 1. The molecule has 0 radical (unpaired) electrons. The van der Waals surface area contributed by atoms with E-state index >= 15 is 0 Å². The lowest BCUT2D eigenvalue weighted by molar-refractivity contribution is -0.0333. The molecular weight excluding hydrogens is 246 g/mol. The molecule has 1 aliphatic rings. The number of rotatable bonds is 9. The predicted octanol–water partition coefficient (Wildman–Crippen LogP) is 3.68. The molecule has 0 fully saturated rings. The van der Waals surface area contributed by atoms with Crippen molar-refractivity contribution in [2.45, 2.75) is 49.3 Å². The molecule has 0 unspecified atom stereocenters.